The van der Waals surface area contributed by atoms with Crippen molar-refractivity contribution < 1.29 is 8.78 Å². The predicted molar refractivity (Wildman–Crippen MR) is 98.9 cm³/mol. The molecular weight excluding hydrogens is 302 g/mol. The van der Waals surface area contributed by atoms with Crippen molar-refractivity contribution in [3.05, 3.63) is 53.1 Å². The van der Waals surface area contributed by atoms with Crippen LogP contribution >= 0.6 is 0 Å². The average molecular weight is 332 g/mol. The molecular formula is C22H30F2. The van der Waals surface area contributed by atoms with Crippen molar-refractivity contribution in [1.29, 1.82) is 0 Å². The van der Waals surface area contributed by atoms with Crippen LogP contribution in [-0.2, 0) is 0 Å². The first kappa shape index (κ1) is 18.9. The van der Waals surface area contributed by atoms with Crippen LogP contribution < -0.4 is 0 Å². The second kappa shape index (κ2) is 10.4. The lowest BCUT2D eigenvalue weighted by atomic mass is 9.91. The molecule has 0 radical (unpaired) electrons. The van der Waals surface area contributed by atoms with E-state index >= 15 is 0 Å². The second-order valence-electron chi connectivity index (χ2n) is 6.90. The molecule has 1 aliphatic carbocycles. The van der Waals surface area contributed by atoms with Crippen LogP contribution in [-0.4, -0.2) is 0 Å². The van der Waals surface area contributed by atoms with Crippen molar-refractivity contribution in [2.24, 2.45) is 0 Å². The molecule has 0 nitrogen and oxygen atoms in total. The highest BCUT2D eigenvalue weighted by Gasteiger charge is 2.10. The molecule has 0 spiro atoms. The van der Waals surface area contributed by atoms with Gasteiger partial charge in [-0.2, -0.15) is 0 Å². The van der Waals surface area contributed by atoms with E-state index in [0.29, 0.717) is 5.56 Å². The van der Waals surface area contributed by atoms with Gasteiger partial charge in [0.1, 0.15) is 11.6 Å². The van der Waals surface area contributed by atoms with Gasteiger partial charge in [-0.1, -0.05) is 69.6 Å². The molecule has 0 atom stereocenters. The molecule has 2 heteroatoms. The van der Waals surface area contributed by atoms with Crippen LogP contribution in [0.25, 0.3) is 5.57 Å². The van der Waals surface area contributed by atoms with E-state index in [-0.39, 0.29) is 0 Å². The zero-order valence-electron chi connectivity index (χ0n) is 14.9. The van der Waals surface area contributed by atoms with Gasteiger partial charge < -0.3 is 0 Å². The van der Waals surface area contributed by atoms with Gasteiger partial charge in [-0.05, 0) is 49.0 Å². The highest BCUT2D eigenvalue weighted by atomic mass is 19.1. The van der Waals surface area contributed by atoms with Crippen LogP contribution in [0.4, 0.5) is 8.78 Å². The Labute approximate surface area is 145 Å². The lowest BCUT2D eigenvalue weighted by molar-refractivity contribution is 0.572. The SMILES string of the molecule is CCCCCCCCCCC1=CC=C(c2cc(F)cc(F)c2)CC1. The minimum atomic E-state index is -0.500. The molecule has 0 unspecified atom stereocenters. The first-order valence-corrected chi connectivity index (χ1v) is 9.54. The smallest absolute Gasteiger partial charge is 0.126 e. The third-order valence-corrected chi connectivity index (χ3v) is 4.82. The third-order valence-electron chi connectivity index (χ3n) is 4.82. The molecule has 0 aromatic heterocycles. The number of unbranched alkanes of at least 4 members (excludes halogenated alkanes) is 7. The molecule has 0 amide bonds. The van der Waals surface area contributed by atoms with E-state index < -0.39 is 11.6 Å². The first-order valence-electron chi connectivity index (χ1n) is 9.54. The molecule has 1 aromatic carbocycles. The summed E-state index contributed by atoms with van der Waals surface area (Å²) >= 11 is 0. The summed E-state index contributed by atoms with van der Waals surface area (Å²) in [5.74, 6) is -1.00. The Bertz CT molecular complexity index is 549. The van der Waals surface area contributed by atoms with Gasteiger partial charge in [-0.3, -0.25) is 0 Å². The maximum Gasteiger partial charge on any atom is 0.126 e. The molecule has 0 saturated heterocycles. The second-order valence-corrected chi connectivity index (χ2v) is 6.90. The minimum absolute atomic E-state index is 0.500. The minimum Gasteiger partial charge on any atom is -0.207 e. The summed E-state index contributed by atoms with van der Waals surface area (Å²) in [6.45, 7) is 2.25. The lowest BCUT2D eigenvalue weighted by Gasteiger charge is -2.15. The van der Waals surface area contributed by atoms with Gasteiger partial charge >= 0.3 is 0 Å². The molecule has 0 saturated carbocycles. The Morgan fingerprint density at radius 3 is 1.96 bits per heavy atom. The Morgan fingerprint density at radius 2 is 1.38 bits per heavy atom. The quantitative estimate of drug-likeness (QED) is 0.387. The summed E-state index contributed by atoms with van der Waals surface area (Å²) in [6.07, 6.45) is 18.0. The molecule has 0 bridgehead atoms. The highest BCUT2D eigenvalue weighted by molar-refractivity contribution is 5.68. The summed E-state index contributed by atoms with van der Waals surface area (Å²) in [5.41, 5.74) is 3.18. The zero-order chi connectivity index (χ0) is 17.2. The number of hydrogen-bond acceptors (Lipinski definition) is 0. The largest absolute Gasteiger partial charge is 0.207 e. The fourth-order valence-corrected chi connectivity index (χ4v) is 3.35. The number of hydrogen-bond donors (Lipinski definition) is 0. The number of rotatable bonds is 10. The van der Waals surface area contributed by atoms with E-state index in [4.69, 9.17) is 0 Å². The van der Waals surface area contributed by atoms with Crippen LogP contribution in [0.15, 0.2) is 35.9 Å². The lowest BCUT2D eigenvalue weighted by Crippen LogP contribution is -1.96. The Morgan fingerprint density at radius 1 is 0.750 bits per heavy atom. The topological polar surface area (TPSA) is 0 Å². The maximum atomic E-state index is 13.3. The number of allylic oxidation sites excluding steroid dienone is 4. The first-order chi connectivity index (χ1) is 11.7. The molecule has 0 N–H and O–H groups in total. The zero-order valence-corrected chi connectivity index (χ0v) is 14.9. The van der Waals surface area contributed by atoms with Gasteiger partial charge in [0, 0.05) is 6.07 Å². The van der Waals surface area contributed by atoms with Crippen LogP contribution in [0, 0.1) is 11.6 Å². The van der Waals surface area contributed by atoms with E-state index in [2.05, 4.69) is 13.0 Å². The standard InChI is InChI=1S/C22H30F2/c1-2-3-4-5-6-7-8-9-10-18-11-13-19(14-12-18)20-15-21(23)17-22(24)16-20/h11,13,15-17H,2-10,12,14H2,1H3. The van der Waals surface area contributed by atoms with Crippen molar-refractivity contribution >= 4 is 5.57 Å². The van der Waals surface area contributed by atoms with E-state index in [0.717, 1.165) is 30.9 Å². The van der Waals surface area contributed by atoms with Crippen molar-refractivity contribution in [2.45, 2.75) is 77.6 Å². The van der Waals surface area contributed by atoms with E-state index in [9.17, 15) is 8.78 Å². The van der Waals surface area contributed by atoms with Crippen LogP contribution in [0.3, 0.4) is 0 Å². The van der Waals surface area contributed by atoms with Crippen molar-refractivity contribution in [1.82, 2.24) is 0 Å². The van der Waals surface area contributed by atoms with E-state index in [1.54, 1.807) is 0 Å². The maximum absolute atomic E-state index is 13.3. The molecule has 0 fully saturated rings. The fraction of sp³-hybridized carbons (Fsp3) is 0.545. The summed E-state index contributed by atoms with van der Waals surface area (Å²) in [6, 6.07) is 3.77. The molecule has 0 heterocycles. The van der Waals surface area contributed by atoms with Crippen LogP contribution in [0.5, 0.6) is 0 Å². The van der Waals surface area contributed by atoms with E-state index in [1.807, 2.05) is 6.08 Å². The summed E-state index contributed by atoms with van der Waals surface area (Å²) in [5, 5.41) is 0. The normalized spacial score (nSPS) is 14.5. The van der Waals surface area contributed by atoms with Crippen molar-refractivity contribution in [3.63, 3.8) is 0 Å². The van der Waals surface area contributed by atoms with E-state index in [1.165, 1.54) is 69.1 Å². The van der Waals surface area contributed by atoms with Gasteiger partial charge in [0.05, 0.1) is 0 Å². The molecule has 24 heavy (non-hydrogen) atoms. The van der Waals surface area contributed by atoms with Crippen LogP contribution in [0.1, 0.15) is 83.1 Å². The average Bonchev–Trinajstić information content (AvgIpc) is 2.57. The van der Waals surface area contributed by atoms with Gasteiger partial charge in [0.25, 0.3) is 0 Å². The highest BCUT2D eigenvalue weighted by Crippen LogP contribution is 2.29. The summed E-state index contributed by atoms with van der Waals surface area (Å²) in [7, 11) is 0. The molecule has 1 aliphatic rings. The van der Waals surface area contributed by atoms with Gasteiger partial charge in [-0.15, -0.1) is 0 Å². The number of halogens is 2. The molecule has 132 valence electrons. The monoisotopic (exact) mass is 332 g/mol. The van der Waals surface area contributed by atoms with Gasteiger partial charge in [-0.25, -0.2) is 8.78 Å². The third kappa shape index (κ3) is 6.59. The fourth-order valence-electron chi connectivity index (χ4n) is 3.35. The van der Waals surface area contributed by atoms with Crippen molar-refractivity contribution in [3.8, 4) is 0 Å². The molecule has 1 aromatic rings. The van der Waals surface area contributed by atoms with Crippen LogP contribution in [0.2, 0.25) is 0 Å². The Kier molecular flexibility index (Phi) is 8.21. The Balaban J connectivity index is 1.71. The summed E-state index contributed by atoms with van der Waals surface area (Å²) < 4.78 is 26.6. The molecule has 0 aliphatic heterocycles. The Hall–Kier alpha value is -1.44. The number of benzene rings is 1. The van der Waals surface area contributed by atoms with Crippen molar-refractivity contribution in [2.75, 3.05) is 0 Å². The predicted octanol–water partition coefficient (Wildman–Crippen LogP) is 7.60. The summed E-state index contributed by atoms with van der Waals surface area (Å²) in [4.78, 5) is 0. The molecule has 2 rings (SSSR count). The van der Waals surface area contributed by atoms with Gasteiger partial charge in [0.2, 0.25) is 0 Å². The van der Waals surface area contributed by atoms with Gasteiger partial charge in [0.15, 0.2) is 0 Å².